The molecule has 0 aliphatic heterocycles. The molecule has 3 aromatic rings. The monoisotopic (exact) mass is 317 g/mol. The normalized spacial score (nSPS) is 11.5. The summed E-state index contributed by atoms with van der Waals surface area (Å²) in [7, 11) is -3.47. The summed E-state index contributed by atoms with van der Waals surface area (Å²) in [6, 6.07) is 13.8. The van der Waals surface area contributed by atoms with Crippen LogP contribution in [-0.2, 0) is 15.6 Å². The lowest BCUT2D eigenvalue weighted by atomic mass is 10.2. The molecule has 112 valence electrons. The first-order valence-corrected chi connectivity index (χ1v) is 8.18. The maximum Gasteiger partial charge on any atom is 0.226 e. The number of aromatic nitrogens is 1. The molecular formula is C16H12FNO3S. The highest BCUT2D eigenvalue weighted by Gasteiger charge is 2.18. The Morgan fingerprint density at radius 3 is 2.36 bits per heavy atom. The molecule has 3 rings (SSSR count). The standard InChI is InChI=1S/C16H12FNO3S/c17-13-8-6-12(7-9-13)16-18-14(10-21-16)11-22(19,20)15-4-2-1-3-5-15/h1-10H,11H2. The molecule has 0 radical (unpaired) electrons. The molecule has 0 amide bonds. The number of halogens is 1. The van der Waals surface area contributed by atoms with Gasteiger partial charge in [-0.2, -0.15) is 0 Å². The highest BCUT2D eigenvalue weighted by atomic mass is 32.2. The van der Waals surface area contributed by atoms with Crippen molar-refractivity contribution in [2.75, 3.05) is 0 Å². The number of benzene rings is 2. The van der Waals surface area contributed by atoms with E-state index in [1.165, 1.54) is 42.7 Å². The molecule has 1 aromatic heterocycles. The third kappa shape index (κ3) is 3.07. The maximum atomic E-state index is 12.9. The van der Waals surface area contributed by atoms with E-state index in [-0.39, 0.29) is 22.4 Å². The number of hydrogen-bond donors (Lipinski definition) is 0. The van der Waals surface area contributed by atoms with Gasteiger partial charge in [0.25, 0.3) is 0 Å². The molecule has 0 fully saturated rings. The number of hydrogen-bond acceptors (Lipinski definition) is 4. The number of sulfone groups is 1. The van der Waals surface area contributed by atoms with Crippen LogP contribution in [0.3, 0.4) is 0 Å². The predicted octanol–water partition coefficient (Wildman–Crippen LogP) is 3.45. The quantitative estimate of drug-likeness (QED) is 0.739. The summed E-state index contributed by atoms with van der Waals surface area (Å²) in [4.78, 5) is 4.39. The summed E-state index contributed by atoms with van der Waals surface area (Å²) < 4.78 is 42.7. The molecule has 0 N–H and O–H groups in total. The largest absolute Gasteiger partial charge is 0.444 e. The lowest BCUT2D eigenvalue weighted by molar-refractivity contribution is 0.571. The molecule has 0 aliphatic carbocycles. The van der Waals surface area contributed by atoms with Crippen molar-refractivity contribution in [3.63, 3.8) is 0 Å². The Kier molecular flexibility index (Phi) is 3.77. The molecule has 0 spiro atoms. The minimum Gasteiger partial charge on any atom is -0.444 e. The second-order valence-corrected chi connectivity index (χ2v) is 6.71. The molecule has 0 bridgehead atoms. The fraction of sp³-hybridized carbons (Fsp3) is 0.0625. The third-order valence-corrected chi connectivity index (χ3v) is 4.75. The second kappa shape index (κ2) is 5.73. The zero-order chi connectivity index (χ0) is 15.6. The Morgan fingerprint density at radius 2 is 1.68 bits per heavy atom. The summed E-state index contributed by atoms with van der Waals surface area (Å²) in [5, 5.41) is 0. The molecule has 0 unspecified atom stereocenters. The van der Waals surface area contributed by atoms with Gasteiger partial charge in [-0.15, -0.1) is 0 Å². The molecule has 0 aliphatic rings. The summed E-state index contributed by atoms with van der Waals surface area (Å²) >= 11 is 0. The Bertz CT molecular complexity index is 871. The van der Waals surface area contributed by atoms with Gasteiger partial charge in [-0.1, -0.05) is 18.2 Å². The van der Waals surface area contributed by atoms with E-state index in [2.05, 4.69) is 4.98 Å². The van der Waals surface area contributed by atoms with Crippen LogP contribution in [-0.4, -0.2) is 13.4 Å². The van der Waals surface area contributed by atoms with E-state index < -0.39 is 9.84 Å². The van der Waals surface area contributed by atoms with Gasteiger partial charge in [-0.05, 0) is 36.4 Å². The van der Waals surface area contributed by atoms with Crippen molar-refractivity contribution in [3.05, 3.63) is 72.4 Å². The van der Waals surface area contributed by atoms with Crippen molar-refractivity contribution >= 4 is 9.84 Å². The predicted molar refractivity (Wildman–Crippen MR) is 79.2 cm³/mol. The van der Waals surface area contributed by atoms with Gasteiger partial charge in [0.15, 0.2) is 9.84 Å². The third-order valence-electron chi connectivity index (χ3n) is 3.08. The molecule has 0 atom stereocenters. The fourth-order valence-corrected chi connectivity index (χ4v) is 3.26. The second-order valence-electron chi connectivity index (χ2n) is 4.72. The highest BCUT2D eigenvalue weighted by molar-refractivity contribution is 7.90. The average molecular weight is 317 g/mol. The summed E-state index contributed by atoms with van der Waals surface area (Å²) in [6.07, 6.45) is 1.30. The van der Waals surface area contributed by atoms with Crippen molar-refractivity contribution in [3.8, 4) is 11.5 Å². The molecule has 22 heavy (non-hydrogen) atoms. The first-order chi connectivity index (χ1) is 10.5. The minimum atomic E-state index is -3.47. The first kappa shape index (κ1) is 14.5. The van der Waals surface area contributed by atoms with Crippen LogP contribution in [0, 0.1) is 5.82 Å². The Morgan fingerprint density at radius 1 is 1.00 bits per heavy atom. The van der Waals surface area contributed by atoms with Gasteiger partial charge in [-0.3, -0.25) is 0 Å². The smallest absolute Gasteiger partial charge is 0.226 e. The first-order valence-electron chi connectivity index (χ1n) is 6.53. The van der Waals surface area contributed by atoms with Gasteiger partial charge in [-0.25, -0.2) is 17.8 Å². The zero-order valence-corrected chi connectivity index (χ0v) is 12.3. The lowest BCUT2D eigenvalue weighted by Gasteiger charge is -2.01. The van der Waals surface area contributed by atoms with Gasteiger partial charge >= 0.3 is 0 Å². The summed E-state index contributed by atoms with van der Waals surface area (Å²) in [5.41, 5.74) is 0.896. The molecule has 6 heteroatoms. The minimum absolute atomic E-state index is 0.237. The fourth-order valence-electron chi connectivity index (χ4n) is 2.00. The Labute approximate surface area is 127 Å². The van der Waals surface area contributed by atoms with Gasteiger partial charge in [0.2, 0.25) is 5.89 Å². The molecular weight excluding hydrogens is 305 g/mol. The molecule has 2 aromatic carbocycles. The SMILES string of the molecule is O=S(=O)(Cc1coc(-c2ccc(F)cc2)n1)c1ccccc1. The molecule has 1 heterocycles. The lowest BCUT2D eigenvalue weighted by Crippen LogP contribution is -2.05. The molecule has 4 nitrogen and oxygen atoms in total. The zero-order valence-electron chi connectivity index (χ0n) is 11.4. The van der Waals surface area contributed by atoms with Crippen LogP contribution in [0.15, 0.2) is 70.2 Å². The van der Waals surface area contributed by atoms with Gasteiger partial charge in [0, 0.05) is 5.56 Å². The van der Waals surface area contributed by atoms with Crippen LogP contribution in [0.2, 0.25) is 0 Å². The number of oxazole rings is 1. The molecule has 0 saturated heterocycles. The average Bonchev–Trinajstić information content (AvgIpc) is 2.97. The van der Waals surface area contributed by atoms with Crippen LogP contribution in [0.1, 0.15) is 5.69 Å². The van der Waals surface area contributed by atoms with Gasteiger partial charge < -0.3 is 4.42 Å². The van der Waals surface area contributed by atoms with E-state index in [9.17, 15) is 12.8 Å². The van der Waals surface area contributed by atoms with E-state index in [1.807, 2.05) is 0 Å². The highest BCUT2D eigenvalue weighted by Crippen LogP contribution is 2.21. The van der Waals surface area contributed by atoms with Crippen LogP contribution in [0.25, 0.3) is 11.5 Å². The number of rotatable bonds is 4. The van der Waals surface area contributed by atoms with E-state index >= 15 is 0 Å². The van der Waals surface area contributed by atoms with Crippen LogP contribution >= 0.6 is 0 Å². The van der Waals surface area contributed by atoms with E-state index in [4.69, 9.17) is 4.42 Å². The van der Waals surface area contributed by atoms with Crippen LogP contribution in [0.5, 0.6) is 0 Å². The van der Waals surface area contributed by atoms with Crippen LogP contribution < -0.4 is 0 Å². The topological polar surface area (TPSA) is 60.2 Å². The van der Waals surface area contributed by atoms with Gasteiger partial charge in [0.1, 0.15) is 17.8 Å². The van der Waals surface area contributed by atoms with Crippen molar-refractivity contribution in [2.45, 2.75) is 10.6 Å². The van der Waals surface area contributed by atoms with Crippen molar-refractivity contribution < 1.29 is 17.2 Å². The Hall–Kier alpha value is -2.47. The van der Waals surface area contributed by atoms with Crippen molar-refractivity contribution in [1.82, 2.24) is 4.98 Å². The number of nitrogens with zero attached hydrogens (tertiary/aromatic N) is 1. The summed E-state index contributed by atoms with van der Waals surface area (Å²) in [5.74, 6) is -0.345. The van der Waals surface area contributed by atoms with Gasteiger partial charge in [0.05, 0.1) is 10.6 Å². The van der Waals surface area contributed by atoms with E-state index in [1.54, 1.807) is 18.2 Å². The van der Waals surface area contributed by atoms with Crippen molar-refractivity contribution in [2.24, 2.45) is 0 Å². The Balaban J connectivity index is 1.84. The van der Waals surface area contributed by atoms with E-state index in [0.29, 0.717) is 11.3 Å². The van der Waals surface area contributed by atoms with Crippen molar-refractivity contribution in [1.29, 1.82) is 0 Å². The van der Waals surface area contributed by atoms with Crippen LogP contribution in [0.4, 0.5) is 4.39 Å². The summed E-state index contributed by atoms with van der Waals surface area (Å²) in [6.45, 7) is 0. The maximum absolute atomic E-state index is 12.9. The van der Waals surface area contributed by atoms with E-state index in [0.717, 1.165) is 0 Å². The molecule has 0 saturated carbocycles.